The van der Waals surface area contributed by atoms with Crippen molar-refractivity contribution < 1.29 is 4.79 Å². The Hall–Kier alpha value is -1.35. The third kappa shape index (κ3) is 3.70. The first-order valence-electron chi connectivity index (χ1n) is 8.78. The average molecular weight is 300 g/mol. The number of benzene rings is 1. The topological polar surface area (TPSA) is 32.3 Å². The van der Waals surface area contributed by atoms with Crippen LogP contribution in [0.3, 0.4) is 0 Å². The van der Waals surface area contributed by atoms with E-state index in [2.05, 4.69) is 41.4 Å². The minimum atomic E-state index is 0.370. The van der Waals surface area contributed by atoms with Crippen LogP contribution in [0, 0.1) is 12.8 Å². The molecule has 0 bridgehead atoms. The molecule has 0 saturated carbocycles. The van der Waals surface area contributed by atoms with E-state index in [1.165, 1.54) is 24.0 Å². The highest BCUT2D eigenvalue weighted by Gasteiger charge is 2.28. The molecule has 0 aromatic heterocycles. The van der Waals surface area contributed by atoms with E-state index in [-0.39, 0.29) is 0 Å². The fourth-order valence-electron chi connectivity index (χ4n) is 3.94. The SMILES string of the molecule is Cc1ccccc1C1CCN(C(=O)CCC2CCNCC2)C1. The Bertz CT molecular complexity index is 508. The summed E-state index contributed by atoms with van der Waals surface area (Å²) >= 11 is 0. The van der Waals surface area contributed by atoms with Crippen molar-refractivity contribution in [3.63, 3.8) is 0 Å². The van der Waals surface area contributed by atoms with Crippen molar-refractivity contribution in [3.05, 3.63) is 35.4 Å². The van der Waals surface area contributed by atoms with E-state index in [0.29, 0.717) is 11.8 Å². The Balaban J connectivity index is 1.49. The summed E-state index contributed by atoms with van der Waals surface area (Å²) in [6, 6.07) is 8.61. The van der Waals surface area contributed by atoms with Gasteiger partial charge in [0.1, 0.15) is 0 Å². The van der Waals surface area contributed by atoms with Gasteiger partial charge < -0.3 is 10.2 Å². The Kier molecular flexibility index (Phi) is 5.14. The predicted molar refractivity (Wildman–Crippen MR) is 89.9 cm³/mol. The van der Waals surface area contributed by atoms with Gasteiger partial charge in [0.05, 0.1) is 0 Å². The molecule has 120 valence electrons. The average Bonchev–Trinajstić information content (AvgIpc) is 3.04. The summed E-state index contributed by atoms with van der Waals surface area (Å²) < 4.78 is 0. The lowest BCUT2D eigenvalue weighted by atomic mass is 9.93. The van der Waals surface area contributed by atoms with Gasteiger partial charge in [0.25, 0.3) is 0 Å². The maximum absolute atomic E-state index is 12.5. The van der Waals surface area contributed by atoms with E-state index < -0.39 is 0 Å². The Morgan fingerprint density at radius 3 is 2.77 bits per heavy atom. The first-order chi connectivity index (χ1) is 10.7. The predicted octanol–water partition coefficient (Wildman–Crippen LogP) is 3.09. The molecule has 2 saturated heterocycles. The van der Waals surface area contributed by atoms with Crippen LogP contribution in [-0.2, 0) is 4.79 Å². The van der Waals surface area contributed by atoms with Crippen molar-refractivity contribution in [2.75, 3.05) is 26.2 Å². The number of carbonyl (C=O) groups is 1. The second-order valence-electron chi connectivity index (χ2n) is 6.91. The van der Waals surface area contributed by atoms with Gasteiger partial charge in [-0.3, -0.25) is 4.79 Å². The van der Waals surface area contributed by atoms with Crippen LogP contribution in [-0.4, -0.2) is 37.0 Å². The number of nitrogens with zero attached hydrogens (tertiary/aromatic N) is 1. The summed E-state index contributed by atoms with van der Waals surface area (Å²) in [6.07, 6.45) is 5.40. The Morgan fingerprint density at radius 2 is 2.00 bits per heavy atom. The summed E-state index contributed by atoms with van der Waals surface area (Å²) in [4.78, 5) is 14.6. The highest BCUT2D eigenvalue weighted by atomic mass is 16.2. The van der Waals surface area contributed by atoms with Crippen molar-refractivity contribution in [3.8, 4) is 0 Å². The summed E-state index contributed by atoms with van der Waals surface area (Å²) in [7, 11) is 0. The lowest BCUT2D eigenvalue weighted by molar-refractivity contribution is -0.130. The van der Waals surface area contributed by atoms with Gasteiger partial charge in [-0.25, -0.2) is 0 Å². The summed E-state index contributed by atoms with van der Waals surface area (Å²) in [5, 5.41) is 3.39. The fraction of sp³-hybridized carbons (Fsp3) is 0.632. The molecule has 2 heterocycles. The number of hydrogen-bond acceptors (Lipinski definition) is 2. The first-order valence-corrected chi connectivity index (χ1v) is 8.78. The number of amides is 1. The molecule has 2 fully saturated rings. The quantitative estimate of drug-likeness (QED) is 0.927. The van der Waals surface area contributed by atoms with Crippen LogP contribution in [0.25, 0.3) is 0 Å². The molecule has 1 N–H and O–H groups in total. The number of aryl methyl sites for hydroxylation is 1. The van der Waals surface area contributed by atoms with Crippen molar-refractivity contribution in [2.24, 2.45) is 5.92 Å². The van der Waals surface area contributed by atoms with Gasteiger partial charge in [-0.05, 0) is 62.7 Å². The first kappa shape index (κ1) is 15.5. The molecular formula is C19H28N2O. The minimum absolute atomic E-state index is 0.370. The van der Waals surface area contributed by atoms with Gasteiger partial charge in [-0.2, -0.15) is 0 Å². The zero-order valence-corrected chi connectivity index (χ0v) is 13.7. The van der Waals surface area contributed by atoms with E-state index >= 15 is 0 Å². The molecule has 1 amide bonds. The number of carbonyl (C=O) groups excluding carboxylic acids is 1. The van der Waals surface area contributed by atoms with Gasteiger partial charge in [0.15, 0.2) is 0 Å². The molecule has 0 spiro atoms. The smallest absolute Gasteiger partial charge is 0.222 e. The summed E-state index contributed by atoms with van der Waals surface area (Å²) in [5.74, 6) is 1.65. The second-order valence-corrected chi connectivity index (χ2v) is 6.91. The standard InChI is InChI=1S/C19H28N2O/c1-15-4-2-3-5-18(15)17-10-13-21(14-17)19(22)7-6-16-8-11-20-12-9-16/h2-5,16-17,20H,6-14H2,1H3. The highest BCUT2D eigenvalue weighted by molar-refractivity contribution is 5.76. The Labute approximate surface area is 134 Å². The fourth-order valence-corrected chi connectivity index (χ4v) is 3.94. The third-order valence-electron chi connectivity index (χ3n) is 5.39. The van der Waals surface area contributed by atoms with Crippen LogP contribution in [0.2, 0.25) is 0 Å². The molecule has 3 rings (SSSR count). The van der Waals surface area contributed by atoms with Crippen LogP contribution >= 0.6 is 0 Å². The van der Waals surface area contributed by atoms with Crippen molar-refractivity contribution in [1.29, 1.82) is 0 Å². The van der Waals surface area contributed by atoms with Gasteiger partial charge in [-0.1, -0.05) is 24.3 Å². The monoisotopic (exact) mass is 300 g/mol. The van der Waals surface area contributed by atoms with Crippen molar-refractivity contribution in [2.45, 2.75) is 44.9 Å². The van der Waals surface area contributed by atoms with Crippen LogP contribution in [0.1, 0.15) is 49.1 Å². The van der Waals surface area contributed by atoms with Gasteiger partial charge in [0.2, 0.25) is 5.91 Å². The number of likely N-dealkylation sites (tertiary alicyclic amines) is 1. The van der Waals surface area contributed by atoms with Crippen molar-refractivity contribution >= 4 is 5.91 Å². The molecule has 1 atom stereocenters. The number of rotatable bonds is 4. The molecule has 3 heteroatoms. The second kappa shape index (κ2) is 7.28. The molecule has 3 nitrogen and oxygen atoms in total. The molecule has 1 unspecified atom stereocenters. The lowest BCUT2D eigenvalue weighted by Crippen LogP contribution is -2.31. The van der Waals surface area contributed by atoms with E-state index in [1.54, 1.807) is 0 Å². The van der Waals surface area contributed by atoms with E-state index in [9.17, 15) is 4.79 Å². The van der Waals surface area contributed by atoms with Gasteiger partial charge >= 0.3 is 0 Å². The Morgan fingerprint density at radius 1 is 1.23 bits per heavy atom. The highest BCUT2D eigenvalue weighted by Crippen LogP contribution is 2.30. The lowest BCUT2D eigenvalue weighted by Gasteiger charge is -2.23. The zero-order chi connectivity index (χ0) is 15.4. The van der Waals surface area contributed by atoms with Gasteiger partial charge in [-0.15, -0.1) is 0 Å². The van der Waals surface area contributed by atoms with E-state index in [0.717, 1.165) is 51.4 Å². The number of piperidine rings is 1. The van der Waals surface area contributed by atoms with Crippen LogP contribution in [0.5, 0.6) is 0 Å². The molecule has 1 aromatic carbocycles. The van der Waals surface area contributed by atoms with Gasteiger partial charge in [0, 0.05) is 25.4 Å². The molecule has 0 radical (unpaired) electrons. The third-order valence-corrected chi connectivity index (χ3v) is 5.39. The van der Waals surface area contributed by atoms with Crippen LogP contribution < -0.4 is 5.32 Å². The molecule has 0 aliphatic carbocycles. The maximum Gasteiger partial charge on any atom is 0.222 e. The minimum Gasteiger partial charge on any atom is -0.342 e. The van der Waals surface area contributed by atoms with Crippen molar-refractivity contribution in [1.82, 2.24) is 10.2 Å². The maximum atomic E-state index is 12.5. The van der Waals surface area contributed by atoms with E-state index in [4.69, 9.17) is 0 Å². The molecule has 2 aliphatic heterocycles. The molecule has 2 aliphatic rings. The largest absolute Gasteiger partial charge is 0.342 e. The van der Waals surface area contributed by atoms with Crippen LogP contribution in [0.4, 0.5) is 0 Å². The number of hydrogen-bond donors (Lipinski definition) is 1. The molecular weight excluding hydrogens is 272 g/mol. The van der Waals surface area contributed by atoms with E-state index in [1.807, 2.05) is 0 Å². The molecule has 1 aromatic rings. The zero-order valence-electron chi connectivity index (χ0n) is 13.7. The normalized spacial score (nSPS) is 23.0. The van der Waals surface area contributed by atoms with Crippen LogP contribution in [0.15, 0.2) is 24.3 Å². The summed E-state index contributed by atoms with van der Waals surface area (Å²) in [6.45, 7) is 6.27. The number of nitrogens with one attached hydrogen (secondary N) is 1. The summed E-state index contributed by atoms with van der Waals surface area (Å²) in [5.41, 5.74) is 2.78. The molecule has 22 heavy (non-hydrogen) atoms.